The molecule has 0 aromatic carbocycles. The molecule has 0 unspecified atom stereocenters. The van der Waals surface area contributed by atoms with E-state index in [1.807, 2.05) is 0 Å². The standard InChI is InChI=1S/C14H11F2N3O2S/c15-14(16)4-3-8-9(5-14)22-13(17-6-20)10(8)12-18-11(19-21-12)7-1-2-7/h7H,1-5H2. The van der Waals surface area contributed by atoms with Crippen LogP contribution in [0.15, 0.2) is 9.52 Å². The number of carbonyl (C=O) groups excluding carboxylic acids is 1. The molecule has 2 aromatic heterocycles. The molecule has 0 bridgehead atoms. The van der Waals surface area contributed by atoms with Gasteiger partial charge in [-0.3, -0.25) is 0 Å². The van der Waals surface area contributed by atoms with E-state index >= 15 is 0 Å². The van der Waals surface area contributed by atoms with Crippen LogP contribution in [0.25, 0.3) is 11.5 Å². The largest absolute Gasteiger partial charge is 0.334 e. The molecule has 1 saturated carbocycles. The lowest BCUT2D eigenvalue weighted by Gasteiger charge is -2.21. The Morgan fingerprint density at radius 2 is 2.23 bits per heavy atom. The van der Waals surface area contributed by atoms with E-state index in [9.17, 15) is 13.6 Å². The van der Waals surface area contributed by atoms with Gasteiger partial charge in [-0.15, -0.1) is 11.3 Å². The lowest BCUT2D eigenvalue weighted by atomic mass is 9.93. The van der Waals surface area contributed by atoms with Crippen molar-refractivity contribution < 1.29 is 18.1 Å². The number of thiophene rings is 1. The van der Waals surface area contributed by atoms with Crippen molar-refractivity contribution in [1.29, 1.82) is 0 Å². The summed E-state index contributed by atoms with van der Waals surface area (Å²) in [6.45, 7) is 0. The average molecular weight is 323 g/mol. The van der Waals surface area contributed by atoms with Crippen LogP contribution in [-0.2, 0) is 17.6 Å². The number of aliphatic imine (C=N–C) groups is 1. The second-order valence-corrected chi connectivity index (χ2v) is 6.74. The monoisotopic (exact) mass is 323 g/mol. The minimum Gasteiger partial charge on any atom is -0.334 e. The van der Waals surface area contributed by atoms with E-state index in [2.05, 4.69) is 15.1 Å². The summed E-state index contributed by atoms with van der Waals surface area (Å²) in [7, 11) is 0. The average Bonchev–Trinajstić information content (AvgIpc) is 3.09. The van der Waals surface area contributed by atoms with Gasteiger partial charge in [-0.05, 0) is 24.8 Å². The van der Waals surface area contributed by atoms with Crippen molar-refractivity contribution in [2.24, 2.45) is 4.99 Å². The van der Waals surface area contributed by atoms with E-state index in [0.29, 0.717) is 27.2 Å². The van der Waals surface area contributed by atoms with Crippen molar-refractivity contribution >= 4 is 22.4 Å². The molecule has 22 heavy (non-hydrogen) atoms. The minimum atomic E-state index is -2.72. The van der Waals surface area contributed by atoms with Crippen LogP contribution >= 0.6 is 11.3 Å². The van der Waals surface area contributed by atoms with Gasteiger partial charge in [-0.25, -0.2) is 13.6 Å². The highest BCUT2D eigenvalue weighted by atomic mass is 32.1. The SMILES string of the molecule is O=C=Nc1sc2c(c1-c1nc(C3CC3)no1)CCC(F)(F)C2. The highest BCUT2D eigenvalue weighted by Gasteiger charge is 2.39. The number of hydrogen-bond acceptors (Lipinski definition) is 6. The number of halogens is 2. The summed E-state index contributed by atoms with van der Waals surface area (Å²) in [4.78, 5) is 19.2. The molecule has 8 heteroatoms. The first kappa shape index (κ1) is 13.7. The first-order chi connectivity index (χ1) is 10.6. The molecule has 2 heterocycles. The van der Waals surface area contributed by atoms with Crippen molar-refractivity contribution in [2.45, 2.75) is 43.9 Å². The molecule has 0 atom stereocenters. The lowest BCUT2D eigenvalue weighted by molar-refractivity contribution is -0.0111. The van der Waals surface area contributed by atoms with Gasteiger partial charge in [0.05, 0.1) is 5.56 Å². The Morgan fingerprint density at radius 1 is 1.41 bits per heavy atom. The molecule has 2 aliphatic rings. The molecule has 5 nitrogen and oxygen atoms in total. The molecule has 0 radical (unpaired) electrons. The van der Waals surface area contributed by atoms with E-state index in [1.54, 1.807) is 0 Å². The molecule has 1 fully saturated rings. The van der Waals surface area contributed by atoms with Crippen molar-refractivity contribution in [2.75, 3.05) is 0 Å². The highest BCUT2D eigenvalue weighted by molar-refractivity contribution is 7.16. The fourth-order valence-corrected chi connectivity index (χ4v) is 3.96. The van der Waals surface area contributed by atoms with Gasteiger partial charge in [0.2, 0.25) is 6.08 Å². The number of hydrogen-bond donors (Lipinski definition) is 0. The predicted molar refractivity (Wildman–Crippen MR) is 74.3 cm³/mol. The van der Waals surface area contributed by atoms with Gasteiger partial charge in [-0.2, -0.15) is 9.98 Å². The van der Waals surface area contributed by atoms with Crippen LogP contribution in [0.4, 0.5) is 13.8 Å². The second-order valence-electron chi connectivity index (χ2n) is 5.65. The lowest BCUT2D eigenvalue weighted by Crippen LogP contribution is -2.24. The number of alkyl halides is 2. The maximum Gasteiger partial charge on any atom is 0.261 e. The van der Waals surface area contributed by atoms with E-state index in [-0.39, 0.29) is 25.2 Å². The van der Waals surface area contributed by atoms with Gasteiger partial charge in [0.15, 0.2) is 5.82 Å². The third-order valence-corrected chi connectivity index (χ3v) is 5.10. The summed E-state index contributed by atoms with van der Waals surface area (Å²) in [5, 5.41) is 4.27. The number of aromatic nitrogens is 2. The number of fused-ring (bicyclic) bond motifs is 1. The Morgan fingerprint density at radius 3 is 2.95 bits per heavy atom. The number of rotatable bonds is 3. The molecule has 0 N–H and O–H groups in total. The van der Waals surface area contributed by atoms with Crippen LogP contribution in [-0.4, -0.2) is 22.1 Å². The summed E-state index contributed by atoms with van der Waals surface area (Å²) in [6, 6.07) is 0. The Kier molecular flexibility index (Phi) is 2.99. The fourth-order valence-electron chi connectivity index (χ4n) is 2.72. The zero-order chi connectivity index (χ0) is 15.3. The van der Waals surface area contributed by atoms with Crippen LogP contribution < -0.4 is 0 Å². The van der Waals surface area contributed by atoms with Crippen LogP contribution in [0.1, 0.15) is 41.4 Å². The predicted octanol–water partition coefficient (Wildman–Crippen LogP) is 3.77. The van der Waals surface area contributed by atoms with Crippen LogP contribution in [0.2, 0.25) is 0 Å². The molecule has 2 aliphatic carbocycles. The molecular weight excluding hydrogens is 312 g/mol. The molecule has 4 rings (SSSR count). The van der Waals surface area contributed by atoms with E-state index in [1.165, 1.54) is 6.08 Å². The smallest absolute Gasteiger partial charge is 0.261 e. The first-order valence-corrected chi connectivity index (χ1v) is 7.83. The Labute approximate surface area is 128 Å². The number of isocyanates is 1. The first-order valence-electron chi connectivity index (χ1n) is 7.01. The van der Waals surface area contributed by atoms with E-state index in [4.69, 9.17) is 4.52 Å². The van der Waals surface area contributed by atoms with Crippen molar-refractivity contribution in [3.05, 3.63) is 16.3 Å². The zero-order valence-electron chi connectivity index (χ0n) is 11.4. The number of nitrogens with zero attached hydrogens (tertiary/aromatic N) is 3. The van der Waals surface area contributed by atoms with Crippen LogP contribution in [0.5, 0.6) is 0 Å². The quantitative estimate of drug-likeness (QED) is 0.637. The van der Waals surface area contributed by atoms with Crippen molar-refractivity contribution in [1.82, 2.24) is 10.1 Å². The Hall–Kier alpha value is -1.92. The minimum absolute atomic E-state index is 0.212. The fraction of sp³-hybridized carbons (Fsp3) is 0.500. The molecule has 2 aromatic rings. The van der Waals surface area contributed by atoms with E-state index in [0.717, 1.165) is 29.7 Å². The normalized spacial score (nSPS) is 19.5. The summed E-state index contributed by atoms with van der Waals surface area (Å²) in [6.07, 6.45) is 3.19. The zero-order valence-corrected chi connectivity index (χ0v) is 12.3. The molecule has 0 saturated heterocycles. The Balaban J connectivity index is 1.82. The van der Waals surface area contributed by atoms with Gasteiger partial charge in [-0.1, -0.05) is 5.16 Å². The Bertz CT molecular complexity index is 788. The van der Waals surface area contributed by atoms with Crippen molar-refractivity contribution in [3.8, 4) is 11.5 Å². The summed E-state index contributed by atoms with van der Waals surface area (Å²) < 4.78 is 32.4. The summed E-state index contributed by atoms with van der Waals surface area (Å²) in [5.74, 6) is -1.49. The summed E-state index contributed by atoms with van der Waals surface area (Å²) >= 11 is 1.08. The van der Waals surface area contributed by atoms with Crippen LogP contribution in [0, 0.1) is 0 Å². The van der Waals surface area contributed by atoms with Gasteiger partial charge < -0.3 is 4.52 Å². The molecule has 114 valence electrons. The summed E-state index contributed by atoms with van der Waals surface area (Å²) in [5.41, 5.74) is 1.27. The van der Waals surface area contributed by atoms with Crippen LogP contribution in [0.3, 0.4) is 0 Å². The van der Waals surface area contributed by atoms with Gasteiger partial charge in [0.1, 0.15) is 5.00 Å². The van der Waals surface area contributed by atoms with E-state index < -0.39 is 5.92 Å². The van der Waals surface area contributed by atoms with Gasteiger partial charge in [0.25, 0.3) is 11.8 Å². The maximum atomic E-state index is 13.6. The third-order valence-electron chi connectivity index (χ3n) is 3.98. The molecule has 0 amide bonds. The molecule has 0 aliphatic heterocycles. The second kappa shape index (κ2) is 4.79. The van der Waals surface area contributed by atoms with Crippen molar-refractivity contribution in [3.63, 3.8) is 0 Å². The van der Waals surface area contributed by atoms with Gasteiger partial charge >= 0.3 is 0 Å². The molecule has 0 spiro atoms. The molecular formula is C14H11F2N3O2S. The maximum absolute atomic E-state index is 13.6. The third kappa shape index (κ3) is 2.28. The topological polar surface area (TPSA) is 68.3 Å². The van der Waals surface area contributed by atoms with Gasteiger partial charge in [0, 0.05) is 23.6 Å². The highest BCUT2D eigenvalue weighted by Crippen LogP contribution is 2.48.